The molecule has 0 amide bonds. The van der Waals surface area contributed by atoms with Crippen LogP contribution in [-0.2, 0) is 16.2 Å². The maximum atomic E-state index is 9.32. The summed E-state index contributed by atoms with van der Waals surface area (Å²) in [6.45, 7) is 9.26. The third-order valence-corrected chi connectivity index (χ3v) is 17.2. The van der Waals surface area contributed by atoms with Crippen molar-refractivity contribution in [1.82, 2.24) is 0 Å². The Morgan fingerprint density at radius 1 is 0.293 bits per heavy atom. The van der Waals surface area contributed by atoms with Gasteiger partial charge in [0, 0.05) is 44.7 Å². The van der Waals surface area contributed by atoms with E-state index in [9.17, 15) is 2.74 Å². The molecule has 0 fully saturated rings. The molecular weight excluding hydrogens is 905 g/mol. The summed E-state index contributed by atoms with van der Waals surface area (Å²) in [6.07, 6.45) is 0. The molecular formula is C73H54N2. The summed E-state index contributed by atoms with van der Waals surface area (Å²) < 4.78 is 44.9. The summed E-state index contributed by atoms with van der Waals surface area (Å²) in [5, 5.41) is 0. The van der Waals surface area contributed by atoms with Gasteiger partial charge in [-0.2, -0.15) is 0 Å². The first kappa shape index (κ1) is 38.6. The van der Waals surface area contributed by atoms with Crippen LogP contribution in [0, 0.1) is 0 Å². The lowest BCUT2D eigenvalue weighted by Gasteiger charge is -2.34. The number of para-hydroxylation sites is 2. The van der Waals surface area contributed by atoms with Crippen LogP contribution >= 0.6 is 0 Å². The Balaban J connectivity index is 0.995. The maximum Gasteiger partial charge on any atom is 0.0727 e. The number of anilines is 6. The average molecular weight is 964 g/mol. The molecule has 0 saturated heterocycles. The molecule has 2 nitrogen and oxygen atoms in total. The van der Waals surface area contributed by atoms with E-state index in [-0.39, 0.29) is 40.6 Å². The second kappa shape index (κ2) is 16.0. The van der Waals surface area contributed by atoms with Crippen LogP contribution in [-0.4, -0.2) is 0 Å². The second-order valence-electron chi connectivity index (χ2n) is 21.6. The Labute approximate surface area is 447 Å². The van der Waals surface area contributed by atoms with Gasteiger partial charge in [-0.25, -0.2) is 0 Å². The van der Waals surface area contributed by atoms with E-state index < -0.39 is 11.5 Å². The van der Waals surface area contributed by atoms with Crippen LogP contribution in [0.4, 0.5) is 34.1 Å². The van der Waals surface area contributed by atoms with Crippen LogP contribution < -0.4 is 9.80 Å². The highest BCUT2D eigenvalue weighted by atomic mass is 15.2. The third-order valence-electron chi connectivity index (χ3n) is 17.2. The predicted octanol–water partition coefficient (Wildman–Crippen LogP) is 19.2. The Hall–Kier alpha value is -8.98. The van der Waals surface area contributed by atoms with Crippen molar-refractivity contribution in [1.29, 1.82) is 0 Å². The molecule has 11 aromatic carbocycles. The summed E-state index contributed by atoms with van der Waals surface area (Å²) in [4.78, 5) is 4.70. The van der Waals surface area contributed by atoms with Gasteiger partial charge in [-0.15, -0.1) is 0 Å². The summed E-state index contributed by atoms with van der Waals surface area (Å²) in [6, 6.07) is 79.7. The fourth-order valence-corrected chi connectivity index (χ4v) is 13.8. The molecule has 2 heteroatoms. The molecule has 0 aromatic heterocycles. The number of benzene rings is 11. The Morgan fingerprint density at radius 3 is 1.29 bits per heavy atom. The molecule has 11 aromatic rings. The molecule has 0 aliphatic heterocycles. The van der Waals surface area contributed by atoms with E-state index in [0.717, 1.165) is 39.6 Å². The number of rotatable bonds is 7. The molecule has 0 N–H and O–H groups in total. The topological polar surface area (TPSA) is 6.48 Å². The second-order valence-corrected chi connectivity index (χ2v) is 21.6. The van der Waals surface area contributed by atoms with Gasteiger partial charge in [0.25, 0.3) is 0 Å². The van der Waals surface area contributed by atoms with E-state index in [2.05, 4.69) is 238 Å². The van der Waals surface area contributed by atoms with Crippen molar-refractivity contribution in [3.05, 3.63) is 299 Å². The Morgan fingerprint density at radius 2 is 0.693 bits per heavy atom. The molecule has 0 heterocycles. The van der Waals surface area contributed by atoms with Gasteiger partial charge in [0.15, 0.2) is 0 Å². The first-order chi connectivity index (χ1) is 38.8. The van der Waals surface area contributed by atoms with Crippen molar-refractivity contribution >= 4 is 34.1 Å². The van der Waals surface area contributed by atoms with Crippen molar-refractivity contribution in [2.75, 3.05) is 9.80 Å². The van der Waals surface area contributed by atoms with Crippen LogP contribution in [0.25, 0.3) is 55.6 Å². The first-order valence-electron chi connectivity index (χ1n) is 28.6. The monoisotopic (exact) mass is 963 g/mol. The van der Waals surface area contributed by atoms with Crippen LogP contribution in [0.2, 0.25) is 0 Å². The van der Waals surface area contributed by atoms with E-state index in [1.165, 1.54) is 77.9 Å². The SMILES string of the molecule is [2H]c1c([2H])c([2H])c(-c2ccccc2N(c2ccc3c(c2)C(C)(C)c2ccccc2-3)c2ccc3c(c2)C2(c4ccccc4-3)c3ccccc3-c3ccc(N(c4ccccc4)c4cccc5c4-c4ccccc4C5(C)C)cc32)c([2H])c1[2H]. The summed E-state index contributed by atoms with van der Waals surface area (Å²) in [5.41, 5.74) is 24.6. The van der Waals surface area contributed by atoms with Crippen molar-refractivity contribution in [2.24, 2.45) is 0 Å². The van der Waals surface area contributed by atoms with Gasteiger partial charge in [-0.1, -0.05) is 222 Å². The number of hydrogen-bond acceptors (Lipinski definition) is 2. The highest BCUT2D eigenvalue weighted by molar-refractivity contribution is 6.00. The van der Waals surface area contributed by atoms with Crippen LogP contribution in [0.1, 0.15) is 79.1 Å². The van der Waals surface area contributed by atoms with Crippen molar-refractivity contribution in [3.63, 3.8) is 0 Å². The van der Waals surface area contributed by atoms with Crippen molar-refractivity contribution in [2.45, 2.75) is 43.9 Å². The fraction of sp³-hybridized carbons (Fsp3) is 0.0959. The van der Waals surface area contributed by atoms with E-state index in [0.29, 0.717) is 11.3 Å². The van der Waals surface area contributed by atoms with E-state index in [1.807, 2.05) is 24.3 Å². The van der Waals surface area contributed by atoms with Gasteiger partial charge in [-0.3, -0.25) is 0 Å². The van der Waals surface area contributed by atoms with E-state index in [4.69, 9.17) is 4.11 Å². The van der Waals surface area contributed by atoms with Gasteiger partial charge in [0.05, 0.1) is 23.6 Å². The van der Waals surface area contributed by atoms with Gasteiger partial charge in [-0.05, 0) is 150 Å². The van der Waals surface area contributed by atoms with Crippen LogP contribution in [0.3, 0.4) is 0 Å². The summed E-state index contributed by atoms with van der Waals surface area (Å²) in [7, 11) is 0. The van der Waals surface area contributed by atoms with E-state index in [1.54, 1.807) is 0 Å². The quantitative estimate of drug-likeness (QED) is 0.157. The Kier molecular flexibility index (Phi) is 8.24. The van der Waals surface area contributed by atoms with Gasteiger partial charge in [0.1, 0.15) is 0 Å². The summed E-state index contributed by atoms with van der Waals surface area (Å²) in [5.74, 6) is 0. The predicted molar refractivity (Wildman–Crippen MR) is 313 cm³/mol. The zero-order valence-corrected chi connectivity index (χ0v) is 42.3. The fourth-order valence-electron chi connectivity index (χ4n) is 13.8. The first-order valence-corrected chi connectivity index (χ1v) is 26.1. The molecule has 15 rings (SSSR count). The lowest BCUT2D eigenvalue weighted by molar-refractivity contribution is 0.660. The zero-order chi connectivity index (χ0) is 54.6. The molecule has 1 spiro atoms. The summed E-state index contributed by atoms with van der Waals surface area (Å²) >= 11 is 0. The minimum atomic E-state index is -0.765. The molecule has 4 aliphatic rings. The molecule has 1 unspecified atom stereocenters. The molecule has 356 valence electrons. The lowest BCUT2D eigenvalue weighted by atomic mass is 9.70. The molecule has 1 atom stereocenters. The maximum absolute atomic E-state index is 9.32. The molecule has 75 heavy (non-hydrogen) atoms. The Bertz CT molecular complexity index is 4420. The normalized spacial score (nSPS) is 16.9. The molecule has 0 radical (unpaired) electrons. The highest BCUT2D eigenvalue weighted by Crippen LogP contribution is 2.65. The van der Waals surface area contributed by atoms with Crippen LogP contribution in [0.5, 0.6) is 0 Å². The zero-order valence-electron chi connectivity index (χ0n) is 47.3. The molecule has 4 aliphatic carbocycles. The van der Waals surface area contributed by atoms with Crippen LogP contribution in [0.15, 0.2) is 255 Å². The molecule has 0 saturated carbocycles. The van der Waals surface area contributed by atoms with E-state index >= 15 is 0 Å². The number of hydrogen-bond donors (Lipinski definition) is 0. The third kappa shape index (κ3) is 6.03. The van der Waals surface area contributed by atoms with Gasteiger partial charge in [0.2, 0.25) is 0 Å². The molecule has 0 bridgehead atoms. The van der Waals surface area contributed by atoms with Gasteiger partial charge < -0.3 is 9.80 Å². The lowest BCUT2D eigenvalue weighted by Crippen LogP contribution is -2.26. The highest BCUT2D eigenvalue weighted by Gasteiger charge is 2.52. The number of fused-ring (bicyclic) bond motifs is 16. The minimum absolute atomic E-state index is 0.154. The average Bonchev–Trinajstić information content (AvgIpc) is 4.33. The standard InChI is InChI=1S/C73H54N2/c1-71(2)61-32-17-14-30-59(61)70-64(71)35-21-37-69(70)74(48-24-9-6-10-25-48)50-39-42-57-54-28-12-18-33-62(54)73(66(57)45-50)63-34-19-13-29-55(63)58-43-40-51(46-67(58)73)75(68-36-20-15-26-52(68)47-22-7-5-8-23-47)49-38-41-56-53-27-11-16-31-60(53)72(3,4)65(56)44-49/h5-46H,1-4H3/i5D,7D,8D,22D,23D. The minimum Gasteiger partial charge on any atom is -0.310 e. The smallest absolute Gasteiger partial charge is 0.0727 e. The van der Waals surface area contributed by atoms with Crippen molar-refractivity contribution in [3.8, 4) is 55.6 Å². The van der Waals surface area contributed by atoms with Gasteiger partial charge >= 0.3 is 0 Å². The van der Waals surface area contributed by atoms with Crippen molar-refractivity contribution < 1.29 is 6.85 Å². The largest absolute Gasteiger partial charge is 0.310 e. The number of nitrogens with zero attached hydrogens (tertiary/aromatic N) is 2.